The first-order valence-electron chi connectivity index (χ1n) is 16.6. The van der Waals surface area contributed by atoms with Gasteiger partial charge in [0.15, 0.2) is 0 Å². The molecule has 0 aliphatic heterocycles. The van der Waals surface area contributed by atoms with Crippen molar-refractivity contribution in [2.45, 2.75) is 32.4 Å². The van der Waals surface area contributed by atoms with E-state index in [-0.39, 0.29) is 0 Å². The lowest BCUT2D eigenvalue weighted by Gasteiger charge is -2.14. The molecule has 0 aromatic carbocycles. The highest BCUT2D eigenvalue weighted by Crippen LogP contribution is 2.13. The summed E-state index contributed by atoms with van der Waals surface area (Å²) >= 11 is 8.42. The summed E-state index contributed by atoms with van der Waals surface area (Å²) in [4.78, 5) is 0. The standard InChI is InChI=1S/C29H70N10S4/c1-28(38-18-16-36-14-12-34-10-8-32-6-4-30)26-42-24-22-40-20-3-21-41-23-25-43-27-29(2)39-19-17-37-15-13-35-11-9-33-7-5-31/h28-29,32-39H,3-27,30-31H2,1-2H3. The summed E-state index contributed by atoms with van der Waals surface area (Å²) in [5.41, 5.74) is 10.9. The minimum Gasteiger partial charge on any atom is -0.329 e. The first-order chi connectivity index (χ1) is 21.2. The fourth-order valence-corrected chi connectivity index (χ4v) is 8.27. The molecule has 0 saturated heterocycles. The van der Waals surface area contributed by atoms with E-state index in [1.54, 1.807) is 0 Å². The van der Waals surface area contributed by atoms with Gasteiger partial charge in [0.05, 0.1) is 0 Å². The third-order valence-electron chi connectivity index (χ3n) is 6.20. The Morgan fingerprint density at radius 2 is 0.698 bits per heavy atom. The van der Waals surface area contributed by atoms with Crippen LogP contribution in [0.3, 0.4) is 0 Å². The zero-order valence-electron chi connectivity index (χ0n) is 27.6. The minimum absolute atomic E-state index is 0.575. The van der Waals surface area contributed by atoms with E-state index in [2.05, 4.69) is 103 Å². The second-order valence-electron chi connectivity index (χ2n) is 10.5. The molecule has 10 nitrogen and oxygen atoms in total. The Bertz CT molecular complexity index is 476. The van der Waals surface area contributed by atoms with Gasteiger partial charge in [0.2, 0.25) is 0 Å². The van der Waals surface area contributed by atoms with Gasteiger partial charge in [0.1, 0.15) is 0 Å². The van der Waals surface area contributed by atoms with E-state index < -0.39 is 0 Å². The Labute approximate surface area is 283 Å². The lowest BCUT2D eigenvalue weighted by Crippen LogP contribution is -2.38. The van der Waals surface area contributed by atoms with Crippen molar-refractivity contribution in [1.82, 2.24) is 42.5 Å². The number of rotatable bonds is 38. The number of nitrogens with one attached hydrogen (secondary N) is 8. The summed E-state index contributed by atoms with van der Waals surface area (Å²) in [6.07, 6.45) is 1.34. The fraction of sp³-hybridized carbons (Fsp3) is 1.00. The minimum atomic E-state index is 0.575. The monoisotopic (exact) mass is 686 g/mol. The van der Waals surface area contributed by atoms with Crippen molar-refractivity contribution in [3.05, 3.63) is 0 Å². The topological polar surface area (TPSA) is 148 Å². The number of hydrogen-bond acceptors (Lipinski definition) is 14. The Balaban J connectivity index is 3.21. The van der Waals surface area contributed by atoms with E-state index in [9.17, 15) is 0 Å². The second-order valence-corrected chi connectivity index (χ2v) is 15.3. The van der Waals surface area contributed by atoms with Gasteiger partial charge in [-0.05, 0) is 31.8 Å². The van der Waals surface area contributed by atoms with Crippen molar-refractivity contribution in [1.29, 1.82) is 0 Å². The molecule has 0 heterocycles. The molecule has 2 atom stereocenters. The Morgan fingerprint density at radius 1 is 0.395 bits per heavy atom. The van der Waals surface area contributed by atoms with Gasteiger partial charge in [-0.2, -0.15) is 47.0 Å². The third kappa shape index (κ3) is 39.1. The second kappa shape index (κ2) is 39.2. The highest BCUT2D eigenvalue weighted by Gasteiger charge is 2.02. The maximum absolute atomic E-state index is 5.46. The van der Waals surface area contributed by atoms with Gasteiger partial charge in [0.25, 0.3) is 0 Å². The highest BCUT2D eigenvalue weighted by atomic mass is 32.2. The molecule has 0 fully saturated rings. The van der Waals surface area contributed by atoms with Gasteiger partial charge in [-0.15, -0.1) is 0 Å². The van der Waals surface area contributed by atoms with Crippen LogP contribution in [0.4, 0.5) is 0 Å². The smallest absolute Gasteiger partial charge is 0.0130 e. The SMILES string of the molecule is CC(CSCCSCCCSCCSCC(C)NCCNCCNCCNCCN)NCCNCCNCCNCCN. The van der Waals surface area contributed by atoms with E-state index in [4.69, 9.17) is 11.5 Å². The van der Waals surface area contributed by atoms with Gasteiger partial charge in [-0.3, -0.25) is 0 Å². The lowest BCUT2D eigenvalue weighted by atomic mass is 10.4. The molecule has 0 aliphatic carbocycles. The molecule has 43 heavy (non-hydrogen) atoms. The van der Waals surface area contributed by atoms with Crippen LogP contribution in [-0.4, -0.2) is 163 Å². The molecule has 14 heteroatoms. The summed E-state index contributed by atoms with van der Waals surface area (Å²) < 4.78 is 0. The van der Waals surface area contributed by atoms with Crippen molar-refractivity contribution < 1.29 is 0 Å². The molecule has 0 aromatic heterocycles. The van der Waals surface area contributed by atoms with Crippen LogP contribution in [0, 0.1) is 0 Å². The van der Waals surface area contributed by atoms with Crippen LogP contribution in [0.15, 0.2) is 0 Å². The molecular weight excluding hydrogens is 617 g/mol. The zero-order chi connectivity index (χ0) is 31.3. The normalized spacial score (nSPS) is 13.1. The lowest BCUT2D eigenvalue weighted by molar-refractivity contribution is 0.544. The summed E-state index contributed by atoms with van der Waals surface area (Å²) in [5.74, 6) is 10.1. The number of hydrogen-bond donors (Lipinski definition) is 10. The van der Waals surface area contributed by atoms with E-state index in [1.807, 2.05) is 0 Å². The Morgan fingerprint density at radius 3 is 1.05 bits per heavy atom. The van der Waals surface area contributed by atoms with Gasteiger partial charge in [-0.1, -0.05) is 0 Å². The van der Waals surface area contributed by atoms with E-state index in [1.165, 1.54) is 52.4 Å². The van der Waals surface area contributed by atoms with Crippen LogP contribution in [0.5, 0.6) is 0 Å². The van der Waals surface area contributed by atoms with Crippen LogP contribution in [0.25, 0.3) is 0 Å². The number of thioether (sulfide) groups is 4. The molecule has 0 rings (SSSR count). The first-order valence-corrected chi connectivity index (χ1v) is 21.2. The average Bonchev–Trinajstić information content (AvgIpc) is 3.01. The molecule has 0 bridgehead atoms. The Kier molecular flexibility index (Phi) is 40.1. The van der Waals surface area contributed by atoms with E-state index in [0.717, 1.165) is 91.6 Å². The van der Waals surface area contributed by atoms with Crippen molar-refractivity contribution in [2.24, 2.45) is 11.5 Å². The third-order valence-corrected chi connectivity index (χ3v) is 11.3. The van der Waals surface area contributed by atoms with Crippen molar-refractivity contribution in [2.75, 3.05) is 151 Å². The highest BCUT2D eigenvalue weighted by molar-refractivity contribution is 8.03. The molecule has 260 valence electrons. The summed E-state index contributed by atoms with van der Waals surface area (Å²) in [5, 5.41) is 27.7. The number of nitrogens with two attached hydrogens (primary N) is 2. The largest absolute Gasteiger partial charge is 0.329 e. The Hall–Kier alpha value is 1.000. The van der Waals surface area contributed by atoms with E-state index in [0.29, 0.717) is 25.2 Å². The molecule has 0 amide bonds. The van der Waals surface area contributed by atoms with Crippen LogP contribution in [0.1, 0.15) is 20.3 Å². The summed E-state index contributed by atoms with van der Waals surface area (Å²) in [6.45, 7) is 19.9. The van der Waals surface area contributed by atoms with Crippen molar-refractivity contribution in [3.63, 3.8) is 0 Å². The van der Waals surface area contributed by atoms with Crippen LogP contribution in [0.2, 0.25) is 0 Å². The van der Waals surface area contributed by atoms with Crippen molar-refractivity contribution >= 4 is 47.0 Å². The van der Waals surface area contributed by atoms with E-state index >= 15 is 0 Å². The molecule has 0 aliphatic rings. The molecule has 0 aromatic rings. The molecule has 0 radical (unpaired) electrons. The van der Waals surface area contributed by atoms with Gasteiger partial charge >= 0.3 is 0 Å². The molecule has 12 N–H and O–H groups in total. The quantitative estimate of drug-likeness (QED) is 0.0389. The summed E-state index contributed by atoms with van der Waals surface area (Å²) in [7, 11) is 0. The van der Waals surface area contributed by atoms with Gasteiger partial charge in [-0.25, -0.2) is 0 Å². The predicted octanol–water partition coefficient (Wildman–Crippen LogP) is -0.280. The average molecular weight is 687 g/mol. The maximum atomic E-state index is 5.46. The van der Waals surface area contributed by atoms with Crippen molar-refractivity contribution in [3.8, 4) is 0 Å². The first kappa shape index (κ1) is 44.0. The summed E-state index contributed by atoms with van der Waals surface area (Å²) in [6, 6.07) is 1.15. The predicted molar refractivity (Wildman–Crippen MR) is 204 cm³/mol. The van der Waals surface area contributed by atoms with Crippen LogP contribution >= 0.6 is 47.0 Å². The molecule has 0 spiro atoms. The van der Waals surface area contributed by atoms with Gasteiger partial charge in [0, 0.05) is 151 Å². The zero-order valence-corrected chi connectivity index (χ0v) is 30.9. The fourth-order valence-electron chi connectivity index (χ4n) is 3.82. The molecule has 0 saturated carbocycles. The maximum Gasteiger partial charge on any atom is 0.0130 e. The molecule has 2 unspecified atom stereocenters. The van der Waals surface area contributed by atoms with Crippen LogP contribution in [-0.2, 0) is 0 Å². The molecular formula is C29H70N10S4. The van der Waals surface area contributed by atoms with Gasteiger partial charge < -0.3 is 54.0 Å². The van der Waals surface area contributed by atoms with Crippen LogP contribution < -0.4 is 54.0 Å².